The molecule has 0 aliphatic rings. The van der Waals surface area contributed by atoms with Crippen molar-refractivity contribution in [1.29, 1.82) is 0 Å². The summed E-state index contributed by atoms with van der Waals surface area (Å²) >= 11 is 0. The second-order valence-electron chi connectivity index (χ2n) is 8.65. The van der Waals surface area contributed by atoms with E-state index in [1.807, 2.05) is 0 Å². The molecule has 0 bridgehead atoms. The van der Waals surface area contributed by atoms with Gasteiger partial charge in [0.25, 0.3) is 0 Å². The third-order valence-electron chi connectivity index (χ3n) is 6.23. The van der Waals surface area contributed by atoms with Gasteiger partial charge in [-0.15, -0.1) is 0 Å². The van der Waals surface area contributed by atoms with Gasteiger partial charge in [-0.05, 0) is 66.0 Å². The Morgan fingerprint density at radius 3 is 1.66 bits per heavy atom. The van der Waals surface area contributed by atoms with E-state index >= 15 is 0 Å². The Bertz CT molecular complexity index is 673. The van der Waals surface area contributed by atoms with Gasteiger partial charge in [-0.1, -0.05) is 109 Å². The maximum absolute atomic E-state index is 2.53. The third-order valence-corrected chi connectivity index (χ3v) is 6.23. The van der Waals surface area contributed by atoms with Gasteiger partial charge in [-0.2, -0.15) is 0 Å². The fourth-order valence-electron chi connectivity index (χ4n) is 4.55. The van der Waals surface area contributed by atoms with E-state index in [1.165, 1.54) is 107 Å². The van der Waals surface area contributed by atoms with Crippen LogP contribution in [0.4, 0.5) is 0 Å². The molecule has 0 N–H and O–H groups in total. The molecule has 1 radical (unpaired) electrons. The van der Waals surface area contributed by atoms with Crippen LogP contribution in [-0.2, 0) is 19.3 Å². The first-order valence-electron chi connectivity index (χ1n) is 12.3. The second kappa shape index (κ2) is 16.4. The van der Waals surface area contributed by atoms with Crippen molar-refractivity contribution in [3.63, 3.8) is 0 Å². The summed E-state index contributed by atoms with van der Waals surface area (Å²) in [6.07, 6.45) is 20.1. The van der Waals surface area contributed by atoms with Gasteiger partial charge in [0, 0.05) is 29.6 Å². The normalized spacial score (nSPS) is 11.0. The summed E-state index contributed by atoms with van der Waals surface area (Å²) in [6, 6.07) is 11.7. The Balaban J connectivity index is 0.00000420. The molecule has 0 saturated heterocycles. The maximum atomic E-state index is 2.53. The minimum Gasteiger partial charge on any atom is -0.0654 e. The van der Waals surface area contributed by atoms with E-state index in [-0.39, 0.29) is 29.6 Å². The molecular formula is C28H44Na. The largest absolute Gasteiger partial charge is 0.0654 e. The predicted octanol–water partition coefficient (Wildman–Crippen LogP) is 8.83. The Hall–Kier alpha value is -0.300. The molecule has 0 saturated carbocycles. The molecule has 0 atom stereocenters. The van der Waals surface area contributed by atoms with Crippen molar-refractivity contribution in [2.24, 2.45) is 0 Å². The molecule has 1 heteroatoms. The smallest absolute Gasteiger partial charge is 0 e. The summed E-state index contributed by atoms with van der Waals surface area (Å²) in [5.74, 6) is 0. The van der Waals surface area contributed by atoms with Crippen LogP contribution in [0.5, 0.6) is 0 Å². The van der Waals surface area contributed by atoms with Gasteiger partial charge < -0.3 is 0 Å². The molecular weight excluding hydrogens is 359 g/mol. The Morgan fingerprint density at radius 1 is 0.552 bits per heavy atom. The van der Waals surface area contributed by atoms with Crippen LogP contribution in [0, 0.1) is 0 Å². The molecule has 29 heavy (non-hydrogen) atoms. The first kappa shape index (κ1) is 26.7. The van der Waals surface area contributed by atoms with Gasteiger partial charge in [0.1, 0.15) is 0 Å². The Labute approximate surface area is 203 Å². The molecule has 0 aliphatic heterocycles. The van der Waals surface area contributed by atoms with Crippen LogP contribution >= 0.6 is 0 Å². The summed E-state index contributed by atoms with van der Waals surface area (Å²) in [4.78, 5) is 0. The van der Waals surface area contributed by atoms with E-state index in [0.29, 0.717) is 0 Å². The van der Waals surface area contributed by atoms with Gasteiger partial charge in [-0.25, -0.2) is 0 Å². The molecule has 0 fully saturated rings. The van der Waals surface area contributed by atoms with Gasteiger partial charge in [0.15, 0.2) is 0 Å². The first-order chi connectivity index (χ1) is 13.8. The monoisotopic (exact) mass is 403 g/mol. The van der Waals surface area contributed by atoms with Crippen molar-refractivity contribution < 1.29 is 0 Å². The standard InChI is InChI=1S/C28H44.Na/c1-4-7-10-13-18-24-23-25-19-16-17-21-27(25)28(22-15-12-9-6-3)26(24)20-14-11-8-5-2;/h16-17,19,21,23H,4-15,18,20,22H2,1-3H3;. The first-order valence-corrected chi connectivity index (χ1v) is 12.3. The molecule has 2 rings (SSSR count). The van der Waals surface area contributed by atoms with Crippen LogP contribution < -0.4 is 0 Å². The van der Waals surface area contributed by atoms with Crippen molar-refractivity contribution in [3.05, 3.63) is 47.0 Å². The number of fused-ring (bicyclic) bond motifs is 1. The summed E-state index contributed by atoms with van der Waals surface area (Å²) in [5.41, 5.74) is 5.08. The number of hydrogen-bond acceptors (Lipinski definition) is 0. The molecule has 0 amide bonds. The number of rotatable bonds is 15. The molecule has 0 aromatic heterocycles. The summed E-state index contributed by atoms with van der Waals surface area (Å²) in [7, 11) is 0. The van der Waals surface area contributed by atoms with Gasteiger partial charge in [-0.3, -0.25) is 0 Å². The van der Waals surface area contributed by atoms with Crippen LogP contribution in [0.25, 0.3) is 10.8 Å². The zero-order valence-electron chi connectivity index (χ0n) is 20.0. The van der Waals surface area contributed by atoms with Crippen LogP contribution in [0.3, 0.4) is 0 Å². The van der Waals surface area contributed by atoms with Crippen LogP contribution in [0.15, 0.2) is 30.3 Å². The van der Waals surface area contributed by atoms with Crippen LogP contribution in [0.1, 0.15) is 115 Å². The summed E-state index contributed by atoms with van der Waals surface area (Å²) < 4.78 is 0. The molecule has 0 aliphatic carbocycles. The van der Waals surface area contributed by atoms with E-state index in [2.05, 4.69) is 51.1 Å². The molecule has 2 aromatic carbocycles. The van der Waals surface area contributed by atoms with E-state index in [0.717, 1.165) is 0 Å². The van der Waals surface area contributed by atoms with Gasteiger partial charge >= 0.3 is 0 Å². The molecule has 157 valence electrons. The van der Waals surface area contributed by atoms with E-state index in [1.54, 1.807) is 16.7 Å². The third kappa shape index (κ3) is 9.16. The fourth-order valence-corrected chi connectivity index (χ4v) is 4.55. The number of hydrogen-bond donors (Lipinski definition) is 0. The molecule has 0 heterocycles. The Kier molecular flexibility index (Phi) is 15.1. The quantitative estimate of drug-likeness (QED) is 0.206. The minimum atomic E-state index is 0. The van der Waals surface area contributed by atoms with Crippen LogP contribution in [0.2, 0.25) is 0 Å². The fraction of sp³-hybridized carbons (Fsp3) is 0.643. The second-order valence-corrected chi connectivity index (χ2v) is 8.65. The predicted molar refractivity (Wildman–Crippen MR) is 133 cm³/mol. The van der Waals surface area contributed by atoms with Crippen molar-refractivity contribution in [3.8, 4) is 0 Å². The molecule has 0 nitrogen and oxygen atoms in total. The number of aryl methyl sites for hydroxylation is 2. The van der Waals surface area contributed by atoms with E-state index in [9.17, 15) is 0 Å². The SMILES string of the molecule is CCCCCCc1cc2ccccc2c(CCCCCC)c1CCCCCC.[Na]. The minimum absolute atomic E-state index is 0. The summed E-state index contributed by atoms with van der Waals surface area (Å²) in [5, 5.41) is 3.00. The van der Waals surface area contributed by atoms with Crippen molar-refractivity contribution in [2.45, 2.75) is 117 Å². The topological polar surface area (TPSA) is 0 Å². The molecule has 0 unspecified atom stereocenters. The number of benzene rings is 2. The van der Waals surface area contributed by atoms with Crippen molar-refractivity contribution in [2.75, 3.05) is 0 Å². The Morgan fingerprint density at radius 2 is 1.07 bits per heavy atom. The van der Waals surface area contributed by atoms with Crippen LogP contribution in [-0.4, -0.2) is 29.6 Å². The molecule has 0 spiro atoms. The average molecular weight is 404 g/mol. The number of unbranched alkanes of at least 4 members (excludes halogenated alkanes) is 9. The zero-order chi connectivity index (χ0) is 20.0. The van der Waals surface area contributed by atoms with E-state index < -0.39 is 0 Å². The zero-order valence-corrected chi connectivity index (χ0v) is 22.0. The maximum Gasteiger partial charge on any atom is 0 e. The molecule has 2 aromatic rings. The van der Waals surface area contributed by atoms with Gasteiger partial charge in [0.05, 0.1) is 0 Å². The summed E-state index contributed by atoms with van der Waals surface area (Å²) in [6.45, 7) is 6.93. The van der Waals surface area contributed by atoms with Crippen molar-refractivity contribution in [1.82, 2.24) is 0 Å². The van der Waals surface area contributed by atoms with Gasteiger partial charge in [0.2, 0.25) is 0 Å². The average Bonchev–Trinajstić information content (AvgIpc) is 2.72. The van der Waals surface area contributed by atoms with E-state index in [4.69, 9.17) is 0 Å². The van der Waals surface area contributed by atoms with Crippen molar-refractivity contribution >= 4 is 40.3 Å².